The third-order valence-electron chi connectivity index (χ3n) is 2.51. The van der Waals surface area contributed by atoms with E-state index in [0.29, 0.717) is 23.5 Å². The van der Waals surface area contributed by atoms with E-state index in [-0.39, 0.29) is 11.6 Å². The second-order valence-electron chi connectivity index (χ2n) is 3.80. The molecule has 0 aliphatic heterocycles. The van der Waals surface area contributed by atoms with Crippen molar-refractivity contribution in [3.63, 3.8) is 0 Å². The molecule has 0 saturated heterocycles. The monoisotopic (exact) mass is 244 g/mol. The van der Waals surface area contributed by atoms with Gasteiger partial charge >= 0.3 is 0 Å². The summed E-state index contributed by atoms with van der Waals surface area (Å²) in [6.45, 7) is 2.43. The molecular formula is C15H13FO2. The van der Waals surface area contributed by atoms with Crippen molar-refractivity contribution >= 4 is 5.78 Å². The lowest BCUT2D eigenvalue weighted by atomic mass is 10.0. The van der Waals surface area contributed by atoms with Crippen LogP contribution in [-0.2, 0) is 0 Å². The van der Waals surface area contributed by atoms with Crippen LogP contribution in [0.15, 0.2) is 48.5 Å². The van der Waals surface area contributed by atoms with Crippen LogP contribution in [-0.4, -0.2) is 12.4 Å². The second kappa shape index (κ2) is 5.45. The van der Waals surface area contributed by atoms with Crippen LogP contribution in [0.25, 0.3) is 0 Å². The Balaban J connectivity index is 2.28. The van der Waals surface area contributed by atoms with Gasteiger partial charge in [0.15, 0.2) is 5.78 Å². The summed E-state index contributed by atoms with van der Waals surface area (Å²) < 4.78 is 18.1. The topological polar surface area (TPSA) is 26.3 Å². The molecule has 0 fully saturated rings. The Labute approximate surface area is 105 Å². The quantitative estimate of drug-likeness (QED) is 0.770. The molecule has 0 atom stereocenters. The highest BCUT2D eigenvalue weighted by Gasteiger charge is 2.09. The minimum absolute atomic E-state index is 0.142. The van der Waals surface area contributed by atoms with Crippen LogP contribution >= 0.6 is 0 Å². The van der Waals surface area contributed by atoms with Crippen molar-refractivity contribution in [3.8, 4) is 5.75 Å². The fourth-order valence-electron chi connectivity index (χ4n) is 1.66. The van der Waals surface area contributed by atoms with E-state index in [4.69, 9.17) is 4.74 Å². The van der Waals surface area contributed by atoms with E-state index in [1.165, 1.54) is 24.3 Å². The Kier molecular flexibility index (Phi) is 3.72. The molecule has 0 aliphatic carbocycles. The third kappa shape index (κ3) is 2.74. The van der Waals surface area contributed by atoms with E-state index < -0.39 is 0 Å². The molecule has 0 bridgehead atoms. The Morgan fingerprint density at radius 3 is 2.50 bits per heavy atom. The summed E-state index contributed by atoms with van der Waals surface area (Å²) in [5.41, 5.74) is 0.998. The van der Waals surface area contributed by atoms with Gasteiger partial charge in [0.05, 0.1) is 6.61 Å². The molecule has 18 heavy (non-hydrogen) atoms. The van der Waals surface area contributed by atoms with Crippen molar-refractivity contribution in [1.82, 2.24) is 0 Å². The summed E-state index contributed by atoms with van der Waals surface area (Å²) >= 11 is 0. The molecule has 0 aromatic heterocycles. The molecule has 0 heterocycles. The number of hydrogen-bond donors (Lipinski definition) is 0. The lowest BCUT2D eigenvalue weighted by Gasteiger charge is -2.05. The van der Waals surface area contributed by atoms with Crippen LogP contribution < -0.4 is 4.74 Å². The summed E-state index contributed by atoms with van der Waals surface area (Å²) in [5.74, 6) is 0.164. The van der Waals surface area contributed by atoms with Gasteiger partial charge in [-0.1, -0.05) is 12.1 Å². The Morgan fingerprint density at radius 2 is 1.83 bits per heavy atom. The molecule has 3 heteroatoms. The van der Waals surface area contributed by atoms with Crippen molar-refractivity contribution < 1.29 is 13.9 Å². The first-order valence-electron chi connectivity index (χ1n) is 5.74. The minimum Gasteiger partial charge on any atom is -0.494 e. The molecule has 0 unspecified atom stereocenters. The zero-order valence-electron chi connectivity index (χ0n) is 10.0. The number of hydrogen-bond acceptors (Lipinski definition) is 2. The SMILES string of the molecule is CCOc1cccc(C(=O)c2ccc(F)cc2)c1. The predicted molar refractivity (Wildman–Crippen MR) is 67.4 cm³/mol. The molecular weight excluding hydrogens is 231 g/mol. The van der Waals surface area contributed by atoms with Gasteiger partial charge in [0.25, 0.3) is 0 Å². The number of benzene rings is 2. The predicted octanol–water partition coefficient (Wildman–Crippen LogP) is 3.46. The van der Waals surface area contributed by atoms with E-state index in [1.54, 1.807) is 24.3 Å². The fourth-order valence-corrected chi connectivity index (χ4v) is 1.66. The highest BCUT2D eigenvalue weighted by atomic mass is 19.1. The summed E-state index contributed by atoms with van der Waals surface area (Å²) in [4.78, 5) is 12.1. The number of ketones is 1. The van der Waals surface area contributed by atoms with E-state index in [2.05, 4.69) is 0 Å². The molecule has 0 saturated carbocycles. The van der Waals surface area contributed by atoms with Gasteiger partial charge in [0, 0.05) is 11.1 Å². The van der Waals surface area contributed by atoms with E-state index in [1.807, 2.05) is 6.92 Å². The van der Waals surface area contributed by atoms with Crippen molar-refractivity contribution in [1.29, 1.82) is 0 Å². The first kappa shape index (κ1) is 12.3. The summed E-state index contributed by atoms with van der Waals surface area (Å²) in [7, 11) is 0. The third-order valence-corrected chi connectivity index (χ3v) is 2.51. The molecule has 2 nitrogen and oxygen atoms in total. The van der Waals surface area contributed by atoms with Gasteiger partial charge in [-0.2, -0.15) is 0 Å². The number of carbonyl (C=O) groups excluding carboxylic acids is 1. The number of halogens is 1. The lowest BCUT2D eigenvalue weighted by molar-refractivity contribution is 0.103. The zero-order chi connectivity index (χ0) is 13.0. The van der Waals surface area contributed by atoms with Crippen LogP contribution in [0.5, 0.6) is 5.75 Å². The highest BCUT2D eigenvalue weighted by molar-refractivity contribution is 6.09. The van der Waals surface area contributed by atoms with Crippen LogP contribution in [0, 0.1) is 5.82 Å². The van der Waals surface area contributed by atoms with Crippen LogP contribution in [0.2, 0.25) is 0 Å². The van der Waals surface area contributed by atoms with Gasteiger partial charge in [0.2, 0.25) is 0 Å². The smallest absolute Gasteiger partial charge is 0.193 e. The number of rotatable bonds is 4. The highest BCUT2D eigenvalue weighted by Crippen LogP contribution is 2.17. The normalized spacial score (nSPS) is 10.1. The average molecular weight is 244 g/mol. The second-order valence-corrected chi connectivity index (χ2v) is 3.80. The molecule has 2 aromatic rings. The lowest BCUT2D eigenvalue weighted by Crippen LogP contribution is -2.02. The van der Waals surface area contributed by atoms with Crippen molar-refractivity contribution in [3.05, 3.63) is 65.5 Å². The first-order valence-corrected chi connectivity index (χ1v) is 5.74. The summed E-state index contributed by atoms with van der Waals surface area (Å²) in [5, 5.41) is 0. The van der Waals surface area contributed by atoms with E-state index >= 15 is 0 Å². The largest absolute Gasteiger partial charge is 0.494 e. The van der Waals surface area contributed by atoms with E-state index in [9.17, 15) is 9.18 Å². The Morgan fingerprint density at radius 1 is 1.11 bits per heavy atom. The van der Waals surface area contributed by atoms with Crippen LogP contribution in [0.1, 0.15) is 22.8 Å². The molecule has 0 amide bonds. The van der Waals surface area contributed by atoms with Gasteiger partial charge in [-0.15, -0.1) is 0 Å². The molecule has 0 spiro atoms. The Bertz CT molecular complexity index is 547. The van der Waals surface area contributed by atoms with Crippen LogP contribution in [0.4, 0.5) is 4.39 Å². The van der Waals surface area contributed by atoms with Gasteiger partial charge in [-0.25, -0.2) is 4.39 Å². The zero-order valence-corrected chi connectivity index (χ0v) is 10.0. The van der Waals surface area contributed by atoms with Gasteiger partial charge in [0.1, 0.15) is 11.6 Å². The summed E-state index contributed by atoms with van der Waals surface area (Å²) in [6, 6.07) is 12.5. The van der Waals surface area contributed by atoms with Crippen molar-refractivity contribution in [2.75, 3.05) is 6.61 Å². The fraction of sp³-hybridized carbons (Fsp3) is 0.133. The first-order chi connectivity index (χ1) is 8.70. The average Bonchev–Trinajstić information content (AvgIpc) is 2.39. The summed E-state index contributed by atoms with van der Waals surface area (Å²) in [6.07, 6.45) is 0. The molecule has 92 valence electrons. The number of carbonyl (C=O) groups is 1. The maximum Gasteiger partial charge on any atom is 0.193 e. The van der Waals surface area contributed by atoms with Crippen LogP contribution in [0.3, 0.4) is 0 Å². The van der Waals surface area contributed by atoms with Gasteiger partial charge in [-0.3, -0.25) is 4.79 Å². The Hall–Kier alpha value is -2.16. The molecule has 2 rings (SSSR count). The minimum atomic E-state index is -0.352. The molecule has 0 N–H and O–H groups in total. The standard InChI is InChI=1S/C15H13FO2/c1-2-18-14-5-3-4-12(10-14)15(17)11-6-8-13(16)9-7-11/h3-10H,2H2,1H3. The number of ether oxygens (including phenoxy) is 1. The van der Waals surface area contributed by atoms with E-state index in [0.717, 1.165) is 0 Å². The maximum atomic E-state index is 12.8. The maximum absolute atomic E-state index is 12.8. The van der Waals surface area contributed by atoms with Gasteiger partial charge < -0.3 is 4.74 Å². The van der Waals surface area contributed by atoms with Crippen molar-refractivity contribution in [2.45, 2.75) is 6.92 Å². The molecule has 0 radical (unpaired) electrons. The van der Waals surface area contributed by atoms with Crippen molar-refractivity contribution in [2.24, 2.45) is 0 Å². The van der Waals surface area contributed by atoms with Gasteiger partial charge in [-0.05, 0) is 43.3 Å². The molecule has 0 aliphatic rings. The molecule has 2 aromatic carbocycles.